The number of hydrogen-bond acceptors (Lipinski definition) is 3. The maximum Gasteiger partial charge on any atom is 0.150 e. The minimum absolute atomic E-state index is 0.744. The zero-order chi connectivity index (χ0) is 12.3. The SMILES string of the molecule is CCC1CN(c2ccc(C=O)cc2C)CCS1. The Kier molecular flexibility index (Phi) is 4.11. The average Bonchev–Trinajstić information content (AvgIpc) is 2.38. The molecule has 1 aromatic rings. The smallest absolute Gasteiger partial charge is 0.150 e. The van der Waals surface area contributed by atoms with Gasteiger partial charge >= 0.3 is 0 Å². The van der Waals surface area contributed by atoms with E-state index in [1.54, 1.807) is 0 Å². The fourth-order valence-electron chi connectivity index (χ4n) is 2.29. The third kappa shape index (κ3) is 2.83. The molecule has 0 aliphatic carbocycles. The lowest BCUT2D eigenvalue weighted by Crippen LogP contribution is -2.38. The molecule has 1 fully saturated rings. The Balaban J connectivity index is 2.18. The van der Waals surface area contributed by atoms with Crippen molar-refractivity contribution in [3.05, 3.63) is 29.3 Å². The molecule has 0 saturated carbocycles. The molecule has 1 aromatic carbocycles. The lowest BCUT2D eigenvalue weighted by Gasteiger charge is -2.34. The van der Waals surface area contributed by atoms with Crippen LogP contribution in [0.1, 0.15) is 29.3 Å². The molecule has 0 amide bonds. The van der Waals surface area contributed by atoms with Crippen molar-refractivity contribution in [2.45, 2.75) is 25.5 Å². The minimum atomic E-state index is 0.744. The van der Waals surface area contributed by atoms with E-state index in [-0.39, 0.29) is 0 Å². The van der Waals surface area contributed by atoms with Crippen molar-refractivity contribution in [1.82, 2.24) is 0 Å². The van der Waals surface area contributed by atoms with Gasteiger partial charge in [0.25, 0.3) is 0 Å². The van der Waals surface area contributed by atoms with E-state index >= 15 is 0 Å². The zero-order valence-corrected chi connectivity index (χ0v) is 11.3. The van der Waals surface area contributed by atoms with Crippen LogP contribution in [0.5, 0.6) is 0 Å². The molecule has 0 N–H and O–H groups in total. The van der Waals surface area contributed by atoms with Crippen LogP contribution in [-0.2, 0) is 0 Å². The van der Waals surface area contributed by atoms with Crippen molar-refractivity contribution in [2.24, 2.45) is 0 Å². The van der Waals surface area contributed by atoms with Crippen LogP contribution < -0.4 is 4.90 Å². The number of rotatable bonds is 3. The summed E-state index contributed by atoms with van der Waals surface area (Å²) in [4.78, 5) is 13.2. The predicted molar refractivity (Wildman–Crippen MR) is 75.3 cm³/mol. The van der Waals surface area contributed by atoms with Crippen LogP contribution >= 0.6 is 11.8 Å². The van der Waals surface area contributed by atoms with Crippen molar-refractivity contribution >= 4 is 23.7 Å². The predicted octanol–water partition coefficient (Wildman–Crippen LogP) is 3.14. The lowest BCUT2D eigenvalue weighted by atomic mass is 10.1. The van der Waals surface area contributed by atoms with Gasteiger partial charge in [-0.1, -0.05) is 6.92 Å². The Labute approximate surface area is 107 Å². The second kappa shape index (κ2) is 5.58. The lowest BCUT2D eigenvalue weighted by molar-refractivity contribution is 0.112. The van der Waals surface area contributed by atoms with Gasteiger partial charge in [0.05, 0.1) is 0 Å². The molecule has 0 aromatic heterocycles. The third-order valence-electron chi connectivity index (χ3n) is 3.29. The summed E-state index contributed by atoms with van der Waals surface area (Å²) in [5.74, 6) is 1.20. The molecule has 2 nitrogen and oxygen atoms in total. The number of aryl methyl sites for hydroxylation is 1. The van der Waals surface area contributed by atoms with Gasteiger partial charge in [-0.2, -0.15) is 11.8 Å². The number of hydrogen-bond donors (Lipinski definition) is 0. The number of thioether (sulfide) groups is 1. The van der Waals surface area contributed by atoms with Crippen molar-refractivity contribution in [2.75, 3.05) is 23.7 Å². The van der Waals surface area contributed by atoms with Gasteiger partial charge in [-0.3, -0.25) is 4.79 Å². The number of nitrogens with zero attached hydrogens (tertiary/aromatic N) is 1. The highest BCUT2D eigenvalue weighted by Crippen LogP contribution is 2.28. The van der Waals surface area contributed by atoms with E-state index in [2.05, 4.69) is 36.6 Å². The maximum atomic E-state index is 10.7. The van der Waals surface area contributed by atoms with E-state index < -0.39 is 0 Å². The second-order valence-electron chi connectivity index (χ2n) is 4.51. The largest absolute Gasteiger partial charge is 0.369 e. The van der Waals surface area contributed by atoms with Crippen LogP contribution in [0.25, 0.3) is 0 Å². The fraction of sp³-hybridized carbons (Fsp3) is 0.500. The Morgan fingerprint density at radius 1 is 1.53 bits per heavy atom. The van der Waals surface area contributed by atoms with Crippen LogP contribution in [0.2, 0.25) is 0 Å². The van der Waals surface area contributed by atoms with Crippen molar-refractivity contribution in [1.29, 1.82) is 0 Å². The van der Waals surface area contributed by atoms with Gasteiger partial charge < -0.3 is 4.90 Å². The van der Waals surface area contributed by atoms with E-state index in [0.717, 1.165) is 30.2 Å². The first kappa shape index (κ1) is 12.5. The Bertz CT molecular complexity index is 405. The molecule has 1 unspecified atom stereocenters. The van der Waals surface area contributed by atoms with Crippen molar-refractivity contribution in [3.63, 3.8) is 0 Å². The zero-order valence-electron chi connectivity index (χ0n) is 10.5. The molecule has 92 valence electrons. The van der Waals surface area contributed by atoms with E-state index in [1.165, 1.54) is 23.4 Å². The summed E-state index contributed by atoms with van der Waals surface area (Å²) in [6.45, 7) is 6.58. The summed E-state index contributed by atoms with van der Waals surface area (Å²) < 4.78 is 0. The Morgan fingerprint density at radius 3 is 3.00 bits per heavy atom. The summed E-state index contributed by atoms with van der Waals surface area (Å²) in [6.07, 6.45) is 2.14. The highest BCUT2D eigenvalue weighted by Gasteiger charge is 2.20. The summed E-state index contributed by atoms with van der Waals surface area (Å²) in [7, 11) is 0. The van der Waals surface area contributed by atoms with E-state index in [4.69, 9.17) is 0 Å². The molecule has 0 spiro atoms. The molecule has 0 radical (unpaired) electrons. The van der Waals surface area contributed by atoms with E-state index in [0.29, 0.717) is 0 Å². The molecule has 1 atom stereocenters. The van der Waals surface area contributed by atoms with Crippen LogP contribution in [0.15, 0.2) is 18.2 Å². The van der Waals surface area contributed by atoms with Crippen LogP contribution in [0.4, 0.5) is 5.69 Å². The summed E-state index contributed by atoms with van der Waals surface area (Å²) in [5, 5.41) is 0.744. The molecule has 1 heterocycles. The quantitative estimate of drug-likeness (QED) is 0.768. The van der Waals surface area contributed by atoms with Crippen LogP contribution in [-0.4, -0.2) is 30.4 Å². The summed E-state index contributed by atoms with van der Waals surface area (Å²) >= 11 is 2.08. The van der Waals surface area contributed by atoms with Crippen LogP contribution in [0.3, 0.4) is 0 Å². The van der Waals surface area contributed by atoms with Gasteiger partial charge in [0.1, 0.15) is 6.29 Å². The van der Waals surface area contributed by atoms with Gasteiger partial charge in [0, 0.05) is 35.3 Å². The first-order valence-electron chi connectivity index (χ1n) is 6.17. The highest BCUT2D eigenvalue weighted by molar-refractivity contribution is 8.00. The average molecular weight is 249 g/mol. The molecular weight excluding hydrogens is 230 g/mol. The van der Waals surface area contributed by atoms with E-state index in [1.807, 2.05) is 12.1 Å². The number of anilines is 1. The summed E-state index contributed by atoms with van der Waals surface area (Å²) in [6, 6.07) is 5.98. The monoisotopic (exact) mass is 249 g/mol. The first-order chi connectivity index (χ1) is 8.24. The molecule has 3 heteroatoms. The highest BCUT2D eigenvalue weighted by atomic mass is 32.2. The first-order valence-corrected chi connectivity index (χ1v) is 7.22. The third-order valence-corrected chi connectivity index (χ3v) is 4.66. The van der Waals surface area contributed by atoms with Crippen molar-refractivity contribution < 1.29 is 4.79 Å². The maximum absolute atomic E-state index is 10.7. The number of aldehydes is 1. The van der Waals surface area contributed by atoms with Gasteiger partial charge in [0.2, 0.25) is 0 Å². The van der Waals surface area contributed by atoms with Crippen molar-refractivity contribution in [3.8, 4) is 0 Å². The second-order valence-corrected chi connectivity index (χ2v) is 5.92. The molecular formula is C14H19NOS. The van der Waals surface area contributed by atoms with Crippen LogP contribution in [0, 0.1) is 6.92 Å². The fourth-order valence-corrected chi connectivity index (χ4v) is 3.47. The van der Waals surface area contributed by atoms with Gasteiger partial charge in [0.15, 0.2) is 0 Å². The molecule has 0 bridgehead atoms. The number of carbonyl (C=O) groups is 1. The molecule has 17 heavy (non-hydrogen) atoms. The summed E-state index contributed by atoms with van der Waals surface area (Å²) in [5.41, 5.74) is 3.26. The van der Waals surface area contributed by atoms with Gasteiger partial charge in [-0.25, -0.2) is 0 Å². The Hall–Kier alpha value is -0.960. The Morgan fingerprint density at radius 2 is 2.35 bits per heavy atom. The normalized spacial score (nSPS) is 20.4. The van der Waals surface area contributed by atoms with Gasteiger partial charge in [-0.15, -0.1) is 0 Å². The molecule has 1 aliphatic heterocycles. The van der Waals surface area contributed by atoms with Gasteiger partial charge in [-0.05, 0) is 37.1 Å². The number of carbonyl (C=O) groups excluding carboxylic acids is 1. The topological polar surface area (TPSA) is 20.3 Å². The molecule has 2 rings (SSSR count). The standard InChI is InChI=1S/C14H19NOS/c1-3-13-9-15(6-7-17-13)14-5-4-12(10-16)8-11(14)2/h4-5,8,10,13H,3,6-7,9H2,1-2H3. The van der Waals surface area contributed by atoms with E-state index in [9.17, 15) is 4.79 Å². The number of benzene rings is 1. The molecule has 1 saturated heterocycles. The minimum Gasteiger partial charge on any atom is -0.369 e. The molecule has 1 aliphatic rings.